The van der Waals surface area contributed by atoms with Gasteiger partial charge >= 0.3 is 0 Å². The molecule has 0 atom stereocenters. The van der Waals surface area contributed by atoms with Crippen LogP contribution in [0.1, 0.15) is 52.9 Å². The first-order chi connectivity index (χ1) is 4.31. The van der Waals surface area contributed by atoms with Crippen molar-refractivity contribution in [3.05, 3.63) is 5.92 Å². The maximum atomic E-state index is 2.28. The highest BCUT2D eigenvalue weighted by molar-refractivity contribution is 4.82. The van der Waals surface area contributed by atoms with E-state index >= 15 is 0 Å². The molecule has 0 spiro atoms. The molecular formula is C9H19. The number of unbranched alkanes of at least 4 members (excludes halogenated alkanes) is 1. The number of rotatable bonds is 5. The van der Waals surface area contributed by atoms with Crippen molar-refractivity contribution in [3.8, 4) is 0 Å². The lowest BCUT2D eigenvalue weighted by atomic mass is 10.00. The van der Waals surface area contributed by atoms with Crippen molar-refractivity contribution in [2.45, 2.75) is 52.9 Å². The van der Waals surface area contributed by atoms with E-state index < -0.39 is 0 Å². The zero-order valence-corrected chi connectivity index (χ0v) is 7.04. The van der Waals surface area contributed by atoms with Crippen molar-refractivity contribution in [2.75, 3.05) is 0 Å². The second-order valence-corrected chi connectivity index (χ2v) is 2.81. The van der Waals surface area contributed by atoms with Crippen molar-refractivity contribution in [3.63, 3.8) is 0 Å². The van der Waals surface area contributed by atoms with E-state index in [-0.39, 0.29) is 0 Å². The highest BCUT2D eigenvalue weighted by Gasteiger charge is 1.98. The molecule has 0 saturated carbocycles. The fourth-order valence-electron chi connectivity index (χ4n) is 1.03. The van der Waals surface area contributed by atoms with Crippen LogP contribution in [0.15, 0.2) is 0 Å². The molecule has 0 heterocycles. The van der Waals surface area contributed by atoms with E-state index in [1.807, 2.05) is 0 Å². The minimum absolute atomic E-state index is 1.32. The summed E-state index contributed by atoms with van der Waals surface area (Å²) in [5.41, 5.74) is 0. The molecule has 0 unspecified atom stereocenters. The highest BCUT2D eigenvalue weighted by atomic mass is 14.0. The largest absolute Gasteiger partial charge is 0.0654 e. The van der Waals surface area contributed by atoms with E-state index in [0.29, 0.717) is 0 Å². The van der Waals surface area contributed by atoms with Gasteiger partial charge in [-0.15, -0.1) is 0 Å². The molecular weight excluding hydrogens is 108 g/mol. The lowest BCUT2D eigenvalue weighted by Crippen LogP contribution is -1.89. The summed E-state index contributed by atoms with van der Waals surface area (Å²) in [5, 5.41) is 0. The average Bonchev–Trinajstić information content (AvgIpc) is 1.85. The lowest BCUT2D eigenvalue weighted by molar-refractivity contribution is 0.663. The van der Waals surface area contributed by atoms with Gasteiger partial charge in [-0.25, -0.2) is 0 Å². The van der Waals surface area contributed by atoms with Crippen LogP contribution >= 0.6 is 0 Å². The fraction of sp³-hybridized carbons (Fsp3) is 0.889. The van der Waals surface area contributed by atoms with Crippen molar-refractivity contribution < 1.29 is 0 Å². The molecule has 0 aromatic heterocycles. The first-order valence-corrected chi connectivity index (χ1v) is 4.12. The van der Waals surface area contributed by atoms with Crippen molar-refractivity contribution in [2.24, 2.45) is 0 Å². The Morgan fingerprint density at radius 2 is 1.67 bits per heavy atom. The van der Waals surface area contributed by atoms with E-state index in [9.17, 15) is 0 Å². The van der Waals surface area contributed by atoms with E-state index in [4.69, 9.17) is 0 Å². The van der Waals surface area contributed by atoms with Gasteiger partial charge in [-0.05, 0) is 18.8 Å². The molecule has 55 valence electrons. The summed E-state index contributed by atoms with van der Waals surface area (Å²) in [6.07, 6.45) is 6.72. The monoisotopic (exact) mass is 127 g/mol. The van der Waals surface area contributed by atoms with Crippen LogP contribution in [0.5, 0.6) is 0 Å². The van der Waals surface area contributed by atoms with E-state index in [1.54, 1.807) is 5.92 Å². The van der Waals surface area contributed by atoms with Crippen LogP contribution < -0.4 is 0 Å². The Labute approximate surface area is 59.7 Å². The van der Waals surface area contributed by atoms with Gasteiger partial charge in [0.15, 0.2) is 0 Å². The zero-order valence-electron chi connectivity index (χ0n) is 7.04. The quantitative estimate of drug-likeness (QED) is 0.529. The Balaban J connectivity index is 2.95. The minimum Gasteiger partial charge on any atom is -0.0654 e. The van der Waals surface area contributed by atoms with Crippen LogP contribution in [0.4, 0.5) is 0 Å². The summed E-state index contributed by atoms with van der Waals surface area (Å²) < 4.78 is 0. The molecule has 0 nitrogen and oxygen atoms in total. The number of hydrogen-bond donors (Lipinski definition) is 0. The molecule has 0 rings (SSSR count). The smallest absolute Gasteiger partial charge is 0.0272 e. The molecule has 0 aromatic carbocycles. The fourth-order valence-corrected chi connectivity index (χ4v) is 1.03. The summed E-state index contributed by atoms with van der Waals surface area (Å²) >= 11 is 0. The van der Waals surface area contributed by atoms with Gasteiger partial charge in [0, 0.05) is 0 Å². The van der Waals surface area contributed by atoms with Crippen LogP contribution in [-0.4, -0.2) is 0 Å². The summed E-state index contributed by atoms with van der Waals surface area (Å²) in [5.74, 6) is 1.68. The van der Waals surface area contributed by atoms with Gasteiger partial charge in [-0.2, -0.15) is 0 Å². The van der Waals surface area contributed by atoms with Crippen LogP contribution in [0, 0.1) is 5.92 Å². The van der Waals surface area contributed by atoms with Crippen LogP contribution in [0.2, 0.25) is 0 Å². The molecule has 0 aromatic rings. The third-order valence-electron chi connectivity index (χ3n) is 1.63. The molecule has 0 N–H and O–H groups in total. The van der Waals surface area contributed by atoms with Crippen molar-refractivity contribution in [1.82, 2.24) is 0 Å². The molecule has 0 bridgehead atoms. The third-order valence-corrected chi connectivity index (χ3v) is 1.63. The van der Waals surface area contributed by atoms with Crippen LogP contribution in [-0.2, 0) is 0 Å². The first-order valence-electron chi connectivity index (χ1n) is 4.12. The molecule has 0 heteroatoms. The average molecular weight is 127 g/mol. The SMILES string of the molecule is CCCC[C](C)CCC. The van der Waals surface area contributed by atoms with E-state index in [1.165, 1.54) is 32.1 Å². The minimum atomic E-state index is 1.32. The Morgan fingerprint density at radius 1 is 1.00 bits per heavy atom. The van der Waals surface area contributed by atoms with E-state index in [2.05, 4.69) is 20.8 Å². The van der Waals surface area contributed by atoms with Gasteiger partial charge in [0.2, 0.25) is 0 Å². The molecule has 1 radical (unpaired) electrons. The van der Waals surface area contributed by atoms with Gasteiger partial charge in [-0.3, -0.25) is 0 Å². The maximum absolute atomic E-state index is 2.28. The van der Waals surface area contributed by atoms with Crippen molar-refractivity contribution >= 4 is 0 Å². The van der Waals surface area contributed by atoms with Gasteiger partial charge < -0.3 is 0 Å². The maximum Gasteiger partial charge on any atom is -0.0272 e. The Bertz CT molecular complexity index is 48.0. The van der Waals surface area contributed by atoms with Gasteiger partial charge in [0.05, 0.1) is 0 Å². The summed E-state index contributed by atoms with van der Waals surface area (Å²) in [6, 6.07) is 0. The molecule has 0 amide bonds. The Kier molecular flexibility index (Phi) is 6.12. The molecule has 0 aliphatic carbocycles. The Hall–Kier alpha value is 0. The second-order valence-electron chi connectivity index (χ2n) is 2.81. The van der Waals surface area contributed by atoms with E-state index in [0.717, 1.165) is 0 Å². The van der Waals surface area contributed by atoms with Crippen LogP contribution in [0.3, 0.4) is 0 Å². The molecule has 0 aliphatic heterocycles. The lowest BCUT2D eigenvalue weighted by Gasteiger charge is -2.06. The summed E-state index contributed by atoms with van der Waals surface area (Å²) in [4.78, 5) is 0. The van der Waals surface area contributed by atoms with Crippen molar-refractivity contribution in [1.29, 1.82) is 0 Å². The van der Waals surface area contributed by atoms with Gasteiger partial charge in [0.25, 0.3) is 0 Å². The molecule has 0 fully saturated rings. The van der Waals surface area contributed by atoms with Gasteiger partial charge in [0.1, 0.15) is 0 Å². The normalized spacial score (nSPS) is 10.7. The van der Waals surface area contributed by atoms with Crippen LogP contribution in [0.25, 0.3) is 0 Å². The highest BCUT2D eigenvalue weighted by Crippen LogP contribution is 2.14. The predicted octanol–water partition coefficient (Wildman–Crippen LogP) is 3.57. The second kappa shape index (κ2) is 6.12. The third kappa shape index (κ3) is 5.88. The topological polar surface area (TPSA) is 0 Å². The predicted molar refractivity (Wildman–Crippen MR) is 43.4 cm³/mol. The summed E-state index contributed by atoms with van der Waals surface area (Å²) in [7, 11) is 0. The zero-order chi connectivity index (χ0) is 7.11. The number of hydrogen-bond acceptors (Lipinski definition) is 0. The molecule has 0 aliphatic rings. The first kappa shape index (κ1) is 9.00. The molecule has 9 heavy (non-hydrogen) atoms. The van der Waals surface area contributed by atoms with Gasteiger partial charge in [-0.1, -0.05) is 40.0 Å². The molecule has 0 saturated heterocycles. The summed E-state index contributed by atoms with van der Waals surface area (Å²) in [6.45, 7) is 6.77. The Morgan fingerprint density at radius 3 is 2.11 bits per heavy atom. The standard InChI is InChI=1S/C9H19/c1-4-6-8-9(3)7-5-2/h4-8H2,1-3H3.